The number of rotatable bonds is 8. The van der Waals surface area contributed by atoms with Gasteiger partial charge in [0.2, 0.25) is 5.91 Å². The summed E-state index contributed by atoms with van der Waals surface area (Å²) in [6.45, 7) is 6.20. The average molecular weight is 322 g/mol. The van der Waals surface area contributed by atoms with Crippen LogP contribution in [0.15, 0.2) is 4.42 Å². The summed E-state index contributed by atoms with van der Waals surface area (Å²) in [6.07, 6.45) is 5.15. The van der Waals surface area contributed by atoms with Gasteiger partial charge in [-0.15, -0.1) is 0 Å². The maximum atomic E-state index is 12.4. The van der Waals surface area contributed by atoms with Gasteiger partial charge in [0.05, 0.1) is 12.6 Å². The Hall–Kier alpha value is -1.40. The lowest BCUT2D eigenvalue weighted by atomic mass is 10.1. The number of fused-ring (bicyclic) bond motifs is 1. The first-order valence-electron chi connectivity index (χ1n) is 8.73. The minimum atomic E-state index is -0.435. The molecule has 0 saturated heterocycles. The van der Waals surface area contributed by atoms with Crippen molar-refractivity contribution in [2.45, 2.75) is 65.0 Å². The van der Waals surface area contributed by atoms with E-state index < -0.39 is 6.04 Å². The highest BCUT2D eigenvalue weighted by Gasteiger charge is 2.28. The number of nitrogens with two attached hydrogens (primary N) is 2. The molecule has 2 rings (SSSR count). The Balaban J connectivity index is 1.90. The molecular formula is C17H30N4O2. The number of carbonyl (C=O) groups excluding carboxylic acids is 1. The molecule has 6 nitrogen and oxygen atoms in total. The van der Waals surface area contributed by atoms with Crippen LogP contribution >= 0.6 is 0 Å². The Morgan fingerprint density at radius 3 is 2.83 bits per heavy atom. The zero-order valence-corrected chi connectivity index (χ0v) is 14.4. The molecule has 1 aromatic rings. The van der Waals surface area contributed by atoms with Crippen LogP contribution in [0.2, 0.25) is 0 Å². The van der Waals surface area contributed by atoms with Crippen LogP contribution in [0, 0.1) is 5.92 Å². The van der Waals surface area contributed by atoms with Gasteiger partial charge in [0.1, 0.15) is 11.5 Å². The molecule has 1 atom stereocenters. The van der Waals surface area contributed by atoms with Gasteiger partial charge in [-0.1, -0.05) is 20.3 Å². The van der Waals surface area contributed by atoms with Crippen molar-refractivity contribution < 1.29 is 9.21 Å². The Morgan fingerprint density at radius 2 is 2.13 bits per heavy atom. The zero-order valence-electron chi connectivity index (χ0n) is 14.4. The van der Waals surface area contributed by atoms with Crippen LogP contribution in [0.5, 0.6) is 0 Å². The number of unbranched alkanes of at least 4 members (excludes halogenated alkanes) is 1. The van der Waals surface area contributed by atoms with E-state index in [1.165, 1.54) is 0 Å². The molecule has 0 bridgehead atoms. The van der Waals surface area contributed by atoms with Gasteiger partial charge in [-0.05, 0) is 31.7 Å². The third kappa shape index (κ3) is 5.04. The van der Waals surface area contributed by atoms with E-state index in [-0.39, 0.29) is 5.91 Å². The lowest BCUT2D eigenvalue weighted by Gasteiger charge is -2.27. The van der Waals surface area contributed by atoms with Crippen LogP contribution in [0.25, 0.3) is 0 Å². The summed E-state index contributed by atoms with van der Waals surface area (Å²) < 4.78 is 5.83. The number of aryl methyl sites for hydroxylation is 1. The van der Waals surface area contributed by atoms with Crippen LogP contribution in [0.4, 0.5) is 0 Å². The van der Waals surface area contributed by atoms with Gasteiger partial charge in [-0.3, -0.25) is 4.79 Å². The molecule has 6 heteroatoms. The first-order chi connectivity index (χ1) is 11.0. The largest absolute Gasteiger partial charge is 0.445 e. The number of hydrogen-bond donors (Lipinski definition) is 2. The van der Waals surface area contributed by atoms with Crippen molar-refractivity contribution in [3.63, 3.8) is 0 Å². The molecule has 0 fully saturated rings. The summed E-state index contributed by atoms with van der Waals surface area (Å²) in [6, 6.07) is -0.435. The molecule has 1 aromatic heterocycles. The van der Waals surface area contributed by atoms with Crippen LogP contribution in [0.3, 0.4) is 0 Å². The molecule has 2 heterocycles. The average Bonchev–Trinajstić information content (AvgIpc) is 2.94. The van der Waals surface area contributed by atoms with Crippen LogP contribution in [-0.4, -0.2) is 34.9 Å². The predicted octanol–water partition coefficient (Wildman–Crippen LogP) is 1.60. The number of aromatic nitrogens is 1. The molecule has 1 amide bonds. The number of hydrogen-bond acceptors (Lipinski definition) is 5. The highest BCUT2D eigenvalue weighted by Crippen LogP contribution is 2.22. The standard InChI is InChI=1S/C17H30N4O2/c1-12(2)6-7-16-20-14-11-21(10-8-15(14)23-16)17(22)13(19)5-3-4-9-18/h12-13H,3-11,18-19H2,1-2H3/t13-/m0/s1. The molecule has 0 aromatic carbocycles. The number of carbonyl (C=O) groups is 1. The second-order valence-electron chi connectivity index (χ2n) is 6.81. The van der Waals surface area contributed by atoms with E-state index in [1.54, 1.807) is 0 Å². The van der Waals surface area contributed by atoms with Gasteiger partial charge in [0.25, 0.3) is 0 Å². The quantitative estimate of drug-likeness (QED) is 0.708. The maximum Gasteiger partial charge on any atom is 0.239 e. The second-order valence-corrected chi connectivity index (χ2v) is 6.81. The van der Waals surface area contributed by atoms with Gasteiger partial charge >= 0.3 is 0 Å². The van der Waals surface area contributed by atoms with E-state index in [9.17, 15) is 4.79 Å². The molecule has 0 spiro atoms. The molecule has 1 aliphatic heterocycles. The topological polar surface area (TPSA) is 98.4 Å². The summed E-state index contributed by atoms with van der Waals surface area (Å²) in [5.41, 5.74) is 12.4. The minimum absolute atomic E-state index is 0.0133. The molecule has 130 valence electrons. The Labute approximate surface area is 138 Å². The smallest absolute Gasteiger partial charge is 0.239 e. The Morgan fingerprint density at radius 1 is 1.35 bits per heavy atom. The Kier molecular flexibility index (Phi) is 6.59. The van der Waals surface area contributed by atoms with Gasteiger partial charge in [-0.25, -0.2) is 4.98 Å². The lowest BCUT2D eigenvalue weighted by Crippen LogP contribution is -2.45. The first-order valence-corrected chi connectivity index (χ1v) is 8.73. The fourth-order valence-electron chi connectivity index (χ4n) is 2.83. The van der Waals surface area contributed by atoms with Crippen molar-refractivity contribution in [2.75, 3.05) is 13.1 Å². The van der Waals surface area contributed by atoms with Crippen LogP contribution in [-0.2, 0) is 24.2 Å². The maximum absolute atomic E-state index is 12.4. The van der Waals surface area contributed by atoms with Crippen molar-refractivity contribution in [1.82, 2.24) is 9.88 Å². The van der Waals surface area contributed by atoms with E-state index in [1.807, 2.05) is 4.90 Å². The summed E-state index contributed by atoms with van der Waals surface area (Å²) in [5.74, 6) is 2.37. The molecule has 4 N–H and O–H groups in total. The van der Waals surface area contributed by atoms with Crippen molar-refractivity contribution in [3.05, 3.63) is 17.3 Å². The minimum Gasteiger partial charge on any atom is -0.445 e. The van der Waals surface area contributed by atoms with E-state index in [4.69, 9.17) is 15.9 Å². The number of nitrogens with zero attached hydrogens (tertiary/aromatic N) is 2. The predicted molar refractivity (Wildman–Crippen MR) is 89.7 cm³/mol. The van der Waals surface area contributed by atoms with E-state index >= 15 is 0 Å². The van der Waals surface area contributed by atoms with Crippen molar-refractivity contribution >= 4 is 5.91 Å². The van der Waals surface area contributed by atoms with Crippen molar-refractivity contribution in [2.24, 2.45) is 17.4 Å². The fourth-order valence-corrected chi connectivity index (χ4v) is 2.83. The molecule has 0 radical (unpaired) electrons. The van der Waals surface area contributed by atoms with Crippen LogP contribution in [0.1, 0.15) is 56.9 Å². The SMILES string of the molecule is CC(C)CCc1nc2c(o1)CCN(C(=O)[C@@H](N)CCCCN)C2. The van der Waals surface area contributed by atoms with Crippen LogP contribution < -0.4 is 11.5 Å². The molecular weight excluding hydrogens is 292 g/mol. The van der Waals surface area contributed by atoms with E-state index in [0.29, 0.717) is 32.0 Å². The van der Waals surface area contributed by atoms with Crippen molar-refractivity contribution in [1.29, 1.82) is 0 Å². The van der Waals surface area contributed by atoms with Gasteiger partial charge in [0.15, 0.2) is 5.89 Å². The second kappa shape index (κ2) is 8.45. The number of oxazole rings is 1. The molecule has 23 heavy (non-hydrogen) atoms. The van der Waals surface area contributed by atoms with Gasteiger partial charge in [-0.2, -0.15) is 0 Å². The van der Waals surface area contributed by atoms with E-state index in [0.717, 1.165) is 49.4 Å². The zero-order chi connectivity index (χ0) is 16.8. The molecule has 1 aliphatic rings. The highest BCUT2D eigenvalue weighted by atomic mass is 16.4. The highest BCUT2D eigenvalue weighted by molar-refractivity contribution is 5.81. The van der Waals surface area contributed by atoms with Gasteiger partial charge in [0, 0.05) is 19.4 Å². The monoisotopic (exact) mass is 322 g/mol. The molecule has 0 unspecified atom stereocenters. The Bertz CT molecular complexity index is 513. The summed E-state index contributed by atoms with van der Waals surface area (Å²) >= 11 is 0. The molecule has 0 saturated carbocycles. The summed E-state index contributed by atoms with van der Waals surface area (Å²) in [5, 5.41) is 0. The molecule has 0 aliphatic carbocycles. The van der Waals surface area contributed by atoms with Gasteiger partial charge < -0.3 is 20.8 Å². The van der Waals surface area contributed by atoms with Crippen molar-refractivity contribution in [3.8, 4) is 0 Å². The fraction of sp³-hybridized carbons (Fsp3) is 0.765. The lowest BCUT2D eigenvalue weighted by molar-refractivity contribution is -0.133. The number of amides is 1. The third-order valence-electron chi connectivity index (χ3n) is 4.31. The third-order valence-corrected chi connectivity index (χ3v) is 4.31. The summed E-state index contributed by atoms with van der Waals surface area (Å²) in [4.78, 5) is 18.8. The normalized spacial score (nSPS) is 15.8. The van der Waals surface area contributed by atoms with E-state index in [2.05, 4.69) is 18.8 Å². The first kappa shape index (κ1) is 17.9. The summed E-state index contributed by atoms with van der Waals surface area (Å²) in [7, 11) is 0.